The highest BCUT2D eigenvalue weighted by molar-refractivity contribution is 6.30. The first kappa shape index (κ1) is 10.5. The molecule has 0 fully saturated rings. The van der Waals surface area contributed by atoms with Gasteiger partial charge in [0.05, 0.1) is 4.92 Å². The van der Waals surface area contributed by atoms with Crippen molar-refractivity contribution >= 4 is 23.0 Å². The summed E-state index contributed by atoms with van der Waals surface area (Å²) in [5.41, 5.74) is 0.415. The largest absolute Gasteiger partial charge is 0.376 e. The van der Waals surface area contributed by atoms with E-state index in [1.165, 1.54) is 6.07 Å². The van der Waals surface area contributed by atoms with E-state index in [1.54, 1.807) is 18.2 Å². The van der Waals surface area contributed by atoms with Crippen molar-refractivity contribution in [2.45, 2.75) is 0 Å². The van der Waals surface area contributed by atoms with E-state index in [0.29, 0.717) is 17.3 Å². The van der Waals surface area contributed by atoms with E-state index >= 15 is 0 Å². The van der Waals surface area contributed by atoms with Crippen LogP contribution in [-0.2, 0) is 0 Å². The number of hydrogen-bond acceptors (Lipinski definition) is 3. The summed E-state index contributed by atoms with van der Waals surface area (Å²) in [6, 6.07) is 4.48. The number of nitro benzene ring substituents is 1. The summed E-state index contributed by atoms with van der Waals surface area (Å²) in [6.45, 7) is 3.98. The van der Waals surface area contributed by atoms with Crippen LogP contribution in [0.25, 0.3) is 0 Å². The van der Waals surface area contributed by atoms with Crippen LogP contribution in [0.5, 0.6) is 0 Å². The second-order valence-corrected chi connectivity index (χ2v) is 3.02. The van der Waals surface area contributed by atoms with Crippen LogP contribution in [0.2, 0.25) is 5.02 Å². The standard InChI is InChI=1S/C9H9ClN2O2/c1-2-5-11-8-4-3-7(10)6-9(8)12(13)14/h2-4,6,11H,1,5H2. The minimum absolute atomic E-state index is 0.0284. The van der Waals surface area contributed by atoms with Crippen LogP contribution in [0.1, 0.15) is 0 Å². The molecule has 5 heteroatoms. The van der Waals surface area contributed by atoms with Crippen molar-refractivity contribution in [3.8, 4) is 0 Å². The Morgan fingerprint density at radius 2 is 2.36 bits per heavy atom. The van der Waals surface area contributed by atoms with Gasteiger partial charge in [-0.2, -0.15) is 0 Å². The zero-order chi connectivity index (χ0) is 10.6. The SMILES string of the molecule is C=CCNc1ccc(Cl)cc1[N+](=O)[O-]. The topological polar surface area (TPSA) is 55.2 Å². The molecule has 0 radical (unpaired) electrons. The average Bonchev–Trinajstić information content (AvgIpc) is 2.15. The first-order valence-corrected chi connectivity index (χ1v) is 4.31. The Kier molecular flexibility index (Phi) is 3.48. The smallest absolute Gasteiger partial charge is 0.293 e. The molecule has 0 saturated carbocycles. The highest BCUT2D eigenvalue weighted by Crippen LogP contribution is 2.27. The van der Waals surface area contributed by atoms with Gasteiger partial charge in [0, 0.05) is 17.6 Å². The van der Waals surface area contributed by atoms with Crippen LogP contribution in [-0.4, -0.2) is 11.5 Å². The Hall–Kier alpha value is -1.55. The maximum Gasteiger partial charge on any atom is 0.293 e. The second kappa shape index (κ2) is 4.62. The van der Waals surface area contributed by atoms with Gasteiger partial charge >= 0.3 is 0 Å². The average molecular weight is 213 g/mol. The maximum absolute atomic E-state index is 10.6. The van der Waals surface area contributed by atoms with Crippen LogP contribution >= 0.6 is 11.6 Å². The van der Waals surface area contributed by atoms with E-state index in [2.05, 4.69) is 11.9 Å². The van der Waals surface area contributed by atoms with Gasteiger partial charge in [0.1, 0.15) is 5.69 Å². The molecule has 1 rings (SSSR count). The number of nitro groups is 1. The van der Waals surface area contributed by atoms with E-state index in [0.717, 1.165) is 0 Å². The fourth-order valence-corrected chi connectivity index (χ4v) is 1.15. The summed E-state index contributed by atoms with van der Waals surface area (Å²) in [4.78, 5) is 10.1. The van der Waals surface area contributed by atoms with E-state index in [4.69, 9.17) is 11.6 Å². The van der Waals surface area contributed by atoms with Crippen molar-refractivity contribution in [1.82, 2.24) is 0 Å². The molecule has 0 aromatic heterocycles. The Labute approximate surface area is 86.3 Å². The Morgan fingerprint density at radius 3 is 2.93 bits per heavy atom. The fourth-order valence-electron chi connectivity index (χ4n) is 0.987. The molecule has 4 nitrogen and oxygen atoms in total. The molecule has 14 heavy (non-hydrogen) atoms. The van der Waals surface area contributed by atoms with Gasteiger partial charge in [-0.25, -0.2) is 0 Å². The summed E-state index contributed by atoms with van der Waals surface area (Å²) in [7, 11) is 0. The molecule has 0 spiro atoms. The summed E-state index contributed by atoms with van der Waals surface area (Å²) >= 11 is 5.64. The predicted molar refractivity (Wildman–Crippen MR) is 56.8 cm³/mol. The Balaban J connectivity index is 3.01. The first-order chi connectivity index (χ1) is 6.65. The minimum atomic E-state index is -0.475. The van der Waals surface area contributed by atoms with Gasteiger partial charge in [-0.15, -0.1) is 6.58 Å². The Morgan fingerprint density at radius 1 is 1.64 bits per heavy atom. The third-order valence-corrected chi connectivity index (χ3v) is 1.83. The van der Waals surface area contributed by atoms with Crippen LogP contribution in [0.3, 0.4) is 0 Å². The van der Waals surface area contributed by atoms with E-state index in [9.17, 15) is 10.1 Å². The maximum atomic E-state index is 10.6. The first-order valence-electron chi connectivity index (χ1n) is 3.94. The van der Waals surface area contributed by atoms with Crippen molar-refractivity contribution < 1.29 is 4.92 Å². The molecule has 0 heterocycles. The van der Waals surface area contributed by atoms with Gasteiger partial charge in [-0.05, 0) is 12.1 Å². The molecule has 1 N–H and O–H groups in total. The molecule has 1 aromatic rings. The molecule has 0 unspecified atom stereocenters. The zero-order valence-corrected chi connectivity index (χ0v) is 8.12. The highest BCUT2D eigenvalue weighted by atomic mass is 35.5. The van der Waals surface area contributed by atoms with Crippen LogP contribution in [0, 0.1) is 10.1 Å². The summed E-state index contributed by atoms with van der Waals surface area (Å²) in [5.74, 6) is 0. The van der Waals surface area contributed by atoms with Crippen molar-refractivity contribution in [2.24, 2.45) is 0 Å². The monoisotopic (exact) mass is 212 g/mol. The van der Waals surface area contributed by atoms with E-state index in [1.807, 2.05) is 0 Å². The molecule has 0 saturated heterocycles. The van der Waals surface area contributed by atoms with Gasteiger partial charge < -0.3 is 5.32 Å². The Bertz CT molecular complexity index is 366. The minimum Gasteiger partial charge on any atom is -0.376 e. The summed E-state index contributed by atoms with van der Waals surface area (Å²) in [6.07, 6.45) is 1.62. The van der Waals surface area contributed by atoms with Gasteiger partial charge in [0.2, 0.25) is 0 Å². The van der Waals surface area contributed by atoms with Crippen molar-refractivity contribution in [3.05, 3.63) is 46.0 Å². The molecule has 74 valence electrons. The molecule has 0 bridgehead atoms. The molecule has 1 aromatic carbocycles. The second-order valence-electron chi connectivity index (χ2n) is 2.59. The summed E-state index contributed by atoms with van der Waals surface area (Å²) < 4.78 is 0. The molecule has 0 aliphatic carbocycles. The van der Waals surface area contributed by atoms with Crippen LogP contribution in [0.15, 0.2) is 30.9 Å². The van der Waals surface area contributed by atoms with Crippen LogP contribution in [0.4, 0.5) is 11.4 Å². The van der Waals surface area contributed by atoms with Crippen molar-refractivity contribution in [3.63, 3.8) is 0 Å². The molecule has 0 atom stereocenters. The highest BCUT2D eigenvalue weighted by Gasteiger charge is 2.12. The lowest BCUT2D eigenvalue weighted by Gasteiger charge is -2.04. The third-order valence-electron chi connectivity index (χ3n) is 1.59. The number of anilines is 1. The number of rotatable bonds is 4. The number of nitrogens with zero attached hydrogens (tertiary/aromatic N) is 1. The van der Waals surface area contributed by atoms with Crippen LogP contribution < -0.4 is 5.32 Å². The molecular formula is C9H9ClN2O2. The van der Waals surface area contributed by atoms with Crippen molar-refractivity contribution in [1.29, 1.82) is 0 Å². The van der Waals surface area contributed by atoms with Gasteiger partial charge in [-0.1, -0.05) is 17.7 Å². The van der Waals surface area contributed by atoms with Gasteiger partial charge in [0.25, 0.3) is 5.69 Å². The number of halogens is 1. The normalized spacial score (nSPS) is 9.50. The lowest BCUT2D eigenvalue weighted by Crippen LogP contribution is -2.01. The third kappa shape index (κ3) is 2.47. The van der Waals surface area contributed by atoms with Crippen molar-refractivity contribution in [2.75, 3.05) is 11.9 Å². The van der Waals surface area contributed by atoms with E-state index in [-0.39, 0.29) is 5.69 Å². The summed E-state index contributed by atoms with van der Waals surface area (Å²) in [5, 5.41) is 13.8. The van der Waals surface area contributed by atoms with E-state index < -0.39 is 4.92 Å². The zero-order valence-electron chi connectivity index (χ0n) is 7.37. The molecule has 0 aliphatic heterocycles. The lowest BCUT2D eigenvalue weighted by atomic mass is 10.2. The molecule has 0 amide bonds. The lowest BCUT2D eigenvalue weighted by molar-refractivity contribution is -0.383. The van der Waals surface area contributed by atoms with Gasteiger partial charge in [0.15, 0.2) is 0 Å². The fraction of sp³-hybridized carbons (Fsp3) is 0.111. The van der Waals surface area contributed by atoms with Gasteiger partial charge in [-0.3, -0.25) is 10.1 Å². The predicted octanol–water partition coefficient (Wildman–Crippen LogP) is 2.85. The number of nitrogens with one attached hydrogen (secondary N) is 1. The molecular weight excluding hydrogens is 204 g/mol. The molecule has 0 aliphatic rings. The number of benzene rings is 1. The quantitative estimate of drug-likeness (QED) is 0.474. The number of hydrogen-bond donors (Lipinski definition) is 1.